The SMILES string of the molecule is CNC(=O)C(NC(=O)c1ccc(CNC(=O)C23CC4CC(CC(C4)C2)C3)cc1)c1ccc(F)c(F)c1. The highest BCUT2D eigenvalue weighted by atomic mass is 19.2. The van der Waals surface area contributed by atoms with Gasteiger partial charge in [0, 0.05) is 24.6 Å². The summed E-state index contributed by atoms with van der Waals surface area (Å²) in [5.41, 5.74) is 1.10. The molecule has 6 nitrogen and oxygen atoms in total. The Hall–Kier alpha value is -3.29. The molecule has 36 heavy (non-hydrogen) atoms. The molecule has 0 radical (unpaired) electrons. The van der Waals surface area contributed by atoms with Crippen LogP contribution < -0.4 is 16.0 Å². The van der Waals surface area contributed by atoms with Gasteiger partial charge in [-0.3, -0.25) is 14.4 Å². The minimum absolute atomic E-state index is 0.130. The van der Waals surface area contributed by atoms with Crippen molar-refractivity contribution >= 4 is 17.7 Å². The molecule has 0 aliphatic heterocycles. The molecule has 2 aromatic carbocycles. The summed E-state index contributed by atoms with van der Waals surface area (Å²) >= 11 is 0. The standard InChI is InChI=1S/C28H31F2N3O3/c1-31-26(35)24(21-6-7-22(29)23(30)11-21)33-25(34)20-4-2-16(3-5-20)15-32-27(36)28-12-17-8-18(13-28)10-19(9-17)14-28/h2-7,11,17-19,24H,8-10,12-15H2,1H3,(H,31,35)(H,32,36)(H,33,34). The first-order valence-corrected chi connectivity index (χ1v) is 12.6. The zero-order chi connectivity index (χ0) is 25.4. The summed E-state index contributed by atoms with van der Waals surface area (Å²) in [4.78, 5) is 38.3. The quantitative estimate of drug-likeness (QED) is 0.542. The lowest BCUT2D eigenvalue weighted by Crippen LogP contribution is -2.53. The van der Waals surface area contributed by atoms with E-state index in [1.54, 1.807) is 24.3 Å². The van der Waals surface area contributed by atoms with Gasteiger partial charge >= 0.3 is 0 Å². The van der Waals surface area contributed by atoms with E-state index in [4.69, 9.17) is 0 Å². The third-order valence-electron chi connectivity index (χ3n) is 8.25. The lowest BCUT2D eigenvalue weighted by Gasteiger charge is -2.55. The van der Waals surface area contributed by atoms with Crippen molar-refractivity contribution in [1.29, 1.82) is 0 Å². The number of amides is 3. The number of halogens is 2. The number of likely N-dealkylation sites (N-methyl/N-ethyl adjacent to an activating group) is 1. The molecule has 4 saturated carbocycles. The van der Waals surface area contributed by atoms with Crippen molar-refractivity contribution in [2.75, 3.05) is 7.05 Å². The Labute approximate surface area is 209 Å². The van der Waals surface area contributed by atoms with E-state index in [0.29, 0.717) is 29.9 Å². The van der Waals surface area contributed by atoms with Crippen LogP contribution >= 0.6 is 0 Å². The molecule has 4 aliphatic rings. The predicted octanol–water partition coefficient (Wildman–Crippen LogP) is 4.01. The van der Waals surface area contributed by atoms with Crippen LogP contribution in [-0.4, -0.2) is 24.8 Å². The molecule has 6 rings (SSSR count). The molecule has 3 N–H and O–H groups in total. The van der Waals surface area contributed by atoms with Crippen molar-refractivity contribution in [2.24, 2.45) is 23.2 Å². The maximum absolute atomic E-state index is 13.7. The highest BCUT2D eigenvalue weighted by Crippen LogP contribution is 2.60. The molecular formula is C28H31F2N3O3. The van der Waals surface area contributed by atoms with E-state index in [0.717, 1.165) is 37.0 Å². The normalized spacial score (nSPS) is 26.8. The number of hydrogen-bond acceptors (Lipinski definition) is 3. The van der Waals surface area contributed by atoms with Crippen LogP contribution in [0.5, 0.6) is 0 Å². The summed E-state index contributed by atoms with van der Waals surface area (Å²) in [7, 11) is 1.40. The van der Waals surface area contributed by atoms with Gasteiger partial charge in [0.1, 0.15) is 6.04 Å². The van der Waals surface area contributed by atoms with E-state index < -0.39 is 29.5 Å². The summed E-state index contributed by atoms with van der Waals surface area (Å²) in [5, 5.41) is 8.14. The van der Waals surface area contributed by atoms with E-state index >= 15 is 0 Å². The minimum atomic E-state index is -1.18. The van der Waals surface area contributed by atoms with Crippen LogP contribution in [0.3, 0.4) is 0 Å². The number of hydrogen-bond donors (Lipinski definition) is 3. The average molecular weight is 496 g/mol. The molecule has 4 bridgehead atoms. The lowest BCUT2D eigenvalue weighted by molar-refractivity contribution is -0.146. The fourth-order valence-corrected chi connectivity index (χ4v) is 6.88. The molecule has 0 heterocycles. The van der Waals surface area contributed by atoms with E-state index in [2.05, 4.69) is 16.0 Å². The summed E-state index contributed by atoms with van der Waals surface area (Å²) in [6.45, 7) is 0.387. The summed E-state index contributed by atoms with van der Waals surface area (Å²) in [6.07, 6.45) is 6.88. The molecule has 0 aromatic heterocycles. The van der Waals surface area contributed by atoms with Gasteiger partial charge in [0.05, 0.1) is 0 Å². The Kier molecular flexibility index (Phi) is 6.53. The van der Waals surface area contributed by atoms with Gasteiger partial charge in [0.15, 0.2) is 11.6 Å². The first kappa shape index (κ1) is 24.4. The molecule has 0 spiro atoms. The second-order valence-electron chi connectivity index (χ2n) is 10.8. The molecule has 8 heteroatoms. The van der Waals surface area contributed by atoms with Gasteiger partial charge in [0.2, 0.25) is 11.8 Å². The Morgan fingerprint density at radius 3 is 2.08 bits per heavy atom. The molecule has 0 saturated heterocycles. The molecule has 1 atom stereocenters. The molecule has 3 amide bonds. The molecule has 4 aliphatic carbocycles. The second kappa shape index (κ2) is 9.64. The Balaban J connectivity index is 1.21. The minimum Gasteiger partial charge on any atom is -0.357 e. The number of nitrogens with one attached hydrogen (secondary N) is 3. The number of rotatable bonds is 7. The van der Waals surface area contributed by atoms with Gasteiger partial charge < -0.3 is 16.0 Å². The maximum Gasteiger partial charge on any atom is 0.252 e. The fourth-order valence-electron chi connectivity index (χ4n) is 6.88. The maximum atomic E-state index is 13.7. The lowest BCUT2D eigenvalue weighted by atomic mass is 9.49. The van der Waals surface area contributed by atoms with Crippen molar-refractivity contribution in [3.05, 3.63) is 70.8 Å². The number of carbonyl (C=O) groups is 3. The van der Waals surface area contributed by atoms with Gasteiger partial charge in [-0.2, -0.15) is 0 Å². The fraction of sp³-hybridized carbons (Fsp3) is 0.464. The van der Waals surface area contributed by atoms with Crippen LogP contribution in [0.2, 0.25) is 0 Å². The van der Waals surface area contributed by atoms with Crippen LogP contribution in [-0.2, 0) is 16.1 Å². The topological polar surface area (TPSA) is 87.3 Å². The zero-order valence-electron chi connectivity index (χ0n) is 20.3. The predicted molar refractivity (Wildman–Crippen MR) is 130 cm³/mol. The van der Waals surface area contributed by atoms with E-state index in [-0.39, 0.29) is 16.9 Å². The van der Waals surface area contributed by atoms with Crippen LogP contribution in [0.15, 0.2) is 42.5 Å². The highest BCUT2D eigenvalue weighted by molar-refractivity contribution is 5.97. The van der Waals surface area contributed by atoms with Gasteiger partial charge in [0.25, 0.3) is 5.91 Å². The molecule has 4 fully saturated rings. The van der Waals surface area contributed by atoms with Crippen LogP contribution in [0.4, 0.5) is 8.78 Å². The van der Waals surface area contributed by atoms with Crippen LogP contribution in [0.25, 0.3) is 0 Å². The van der Waals surface area contributed by atoms with Gasteiger partial charge in [-0.05, 0) is 91.7 Å². The molecular weight excluding hydrogens is 464 g/mol. The molecule has 2 aromatic rings. The Bertz CT molecular complexity index is 1150. The van der Waals surface area contributed by atoms with E-state index in [9.17, 15) is 23.2 Å². The second-order valence-corrected chi connectivity index (χ2v) is 10.8. The van der Waals surface area contributed by atoms with Crippen molar-refractivity contribution in [1.82, 2.24) is 16.0 Å². The third-order valence-corrected chi connectivity index (χ3v) is 8.25. The monoisotopic (exact) mass is 495 g/mol. The average Bonchev–Trinajstić information content (AvgIpc) is 2.86. The van der Waals surface area contributed by atoms with E-state index in [1.807, 2.05) is 0 Å². The third kappa shape index (κ3) is 4.73. The first-order chi connectivity index (χ1) is 17.3. The number of carbonyl (C=O) groups excluding carboxylic acids is 3. The summed E-state index contributed by atoms with van der Waals surface area (Å²) < 4.78 is 27.0. The zero-order valence-corrected chi connectivity index (χ0v) is 20.3. The Morgan fingerprint density at radius 1 is 0.917 bits per heavy atom. The smallest absolute Gasteiger partial charge is 0.252 e. The summed E-state index contributed by atoms with van der Waals surface area (Å²) in [6, 6.07) is 8.65. The van der Waals surface area contributed by atoms with E-state index in [1.165, 1.54) is 32.4 Å². The van der Waals surface area contributed by atoms with Crippen molar-refractivity contribution < 1.29 is 23.2 Å². The van der Waals surface area contributed by atoms with Crippen molar-refractivity contribution in [2.45, 2.75) is 51.1 Å². The van der Waals surface area contributed by atoms with Crippen molar-refractivity contribution in [3.63, 3.8) is 0 Å². The number of benzene rings is 2. The highest BCUT2D eigenvalue weighted by Gasteiger charge is 2.54. The Morgan fingerprint density at radius 2 is 1.53 bits per heavy atom. The summed E-state index contributed by atoms with van der Waals surface area (Å²) in [5.74, 6) is -0.971. The van der Waals surface area contributed by atoms with Gasteiger partial charge in [-0.15, -0.1) is 0 Å². The molecule has 190 valence electrons. The van der Waals surface area contributed by atoms with Gasteiger partial charge in [-0.25, -0.2) is 8.78 Å². The van der Waals surface area contributed by atoms with Crippen LogP contribution in [0, 0.1) is 34.8 Å². The van der Waals surface area contributed by atoms with Crippen molar-refractivity contribution in [3.8, 4) is 0 Å². The molecule has 1 unspecified atom stereocenters. The van der Waals surface area contributed by atoms with Gasteiger partial charge in [-0.1, -0.05) is 18.2 Å². The first-order valence-electron chi connectivity index (χ1n) is 12.6. The van der Waals surface area contributed by atoms with Crippen LogP contribution in [0.1, 0.15) is 66.1 Å². The largest absolute Gasteiger partial charge is 0.357 e.